The van der Waals surface area contributed by atoms with Gasteiger partial charge in [0.1, 0.15) is 5.69 Å². The number of nitrogens with zero attached hydrogens (tertiary/aromatic N) is 3. The topological polar surface area (TPSA) is 126 Å². The van der Waals surface area contributed by atoms with Crippen LogP contribution < -0.4 is 20.2 Å². The molecule has 0 radical (unpaired) electrons. The van der Waals surface area contributed by atoms with Gasteiger partial charge in [-0.15, -0.1) is 0 Å². The summed E-state index contributed by atoms with van der Waals surface area (Å²) >= 11 is 0. The van der Waals surface area contributed by atoms with Crippen molar-refractivity contribution in [2.24, 2.45) is 0 Å². The van der Waals surface area contributed by atoms with Gasteiger partial charge in [-0.2, -0.15) is 5.10 Å². The third kappa shape index (κ3) is 5.58. The number of ether oxygens (including phenoxy) is 2. The highest BCUT2D eigenvalue weighted by molar-refractivity contribution is 5.92. The zero-order valence-electron chi connectivity index (χ0n) is 19.2. The van der Waals surface area contributed by atoms with Crippen LogP contribution in [0.2, 0.25) is 0 Å². The highest BCUT2D eigenvalue weighted by atomic mass is 16.6. The first kappa shape index (κ1) is 24.4. The van der Waals surface area contributed by atoms with E-state index in [-0.39, 0.29) is 23.6 Å². The van der Waals surface area contributed by atoms with E-state index in [0.717, 1.165) is 5.56 Å². The fraction of sp³-hybridized carbons (Fsp3) is 0.292. The molecule has 0 unspecified atom stereocenters. The van der Waals surface area contributed by atoms with Gasteiger partial charge in [0.05, 0.1) is 18.1 Å². The Balaban J connectivity index is 1.77. The van der Waals surface area contributed by atoms with Crippen molar-refractivity contribution >= 4 is 11.6 Å². The van der Waals surface area contributed by atoms with Gasteiger partial charge in [0.25, 0.3) is 11.6 Å². The summed E-state index contributed by atoms with van der Waals surface area (Å²) < 4.78 is 12.4. The molecule has 0 aliphatic carbocycles. The Labute approximate surface area is 196 Å². The summed E-state index contributed by atoms with van der Waals surface area (Å²) in [4.78, 5) is 36.0. The highest BCUT2D eigenvalue weighted by Gasteiger charge is 2.20. The number of carbonyl (C=O) groups is 1. The molecule has 0 spiro atoms. The Kier molecular flexibility index (Phi) is 7.96. The predicted molar refractivity (Wildman–Crippen MR) is 126 cm³/mol. The van der Waals surface area contributed by atoms with Crippen LogP contribution >= 0.6 is 0 Å². The average Bonchev–Trinajstić information content (AvgIpc) is 2.81. The van der Waals surface area contributed by atoms with Crippen molar-refractivity contribution in [2.75, 3.05) is 19.8 Å². The van der Waals surface area contributed by atoms with E-state index in [2.05, 4.69) is 10.4 Å². The molecule has 3 rings (SSSR count). The van der Waals surface area contributed by atoms with Crippen LogP contribution in [0.25, 0.3) is 5.69 Å². The molecule has 0 atom stereocenters. The van der Waals surface area contributed by atoms with Crippen LogP contribution in [0.5, 0.6) is 11.5 Å². The standard InChI is InChI=1S/C24H26N4O6/c1-4-33-21-11-10-17(15-22(21)34-5-2)12-13-25-24(30)23-20(29)14-16(3)27(26-23)18-8-6-7-9-19(18)28(31)32/h6-11,14-15H,4-5,12-13H2,1-3H3,(H,25,30). The first-order valence-corrected chi connectivity index (χ1v) is 10.9. The Bertz CT molecular complexity index is 1250. The van der Waals surface area contributed by atoms with Gasteiger partial charge in [-0.1, -0.05) is 18.2 Å². The largest absolute Gasteiger partial charge is 0.490 e. The molecule has 178 valence electrons. The zero-order chi connectivity index (χ0) is 24.7. The number of hydrogen-bond acceptors (Lipinski definition) is 7. The van der Waals surface area contributed by atoms with Crippen molar-refractivity contribution in [1.29, 1.82) is 0 Å². The fourth-order valence-electron chi connectivity index (χ4n) is 3.40. The Morgan fingerprint density at radius 3 is 2.50 bits per heavy atom. The number of aromatic nitrogens is 2. The maximum absolute atomic E-state index is 12.7. The molecule has 0 aliphatic heterocycles. The molecule has 1 aromatic heterocycles. The number of hydrogen-bond donors (Lipinski definition) is 1. The van der Waals surface area contributed by atoms with Gasteiger partial charge in [-0.3, -0.25) is 19.7 Å². The van der Waals surface area contributed by atoms with Crippen molar-refractivity contribution in [3.05, 3.63) is 85.8 Å². The number of nitro benzene ring substituents is 1. The molecule has 0 saturated heterocycles. The maximum atomic E-state index is 12.7. The normalized spacial score (nSPS) is 10.6. The first-order chi connectivity index (χ1) is 16.3. The molecule has 0 bridgehead atoms. The molecule has 1 heterocycles. The second kappa shape index (κ2) is 11.1. The molecule has 1 amide bonds. The minimum Gasteiger partial charge on any atom is -0.490 e. The van der Waals surface area contributed by atoms with E-state index < -0.39 is 16.3 Å². The van der Waals surface area contributed by atoms with Gasteiger partial charge < -0.3 is 14.8 Å². The number of rotatable bonds is 10. The van der Waals surface area contributed by atoms with Gasteiger partial charge in [0, 0.05) is 24.4 Å². The maximum Gasteiger partial charge on any atom is 0.294 e. The lowest BCUT2D eigenvalue weighted by Crippen LogP contribution is -2.33. The van der Waals surface area contributed by atoms with Crippen LogP contribution in [-0.4, -0.2) is 40.4 Å². The monoisotopic (exact) mass is 466 g/mol. The van der Waals surface area contributed by atoms with Crippen LogP contribution in [0.4, 0.5) is 5.69 Å². The van der Waals surface area contributed by atoms with E-state index in [1.54, 1.807) is 13.0 Å². The van der Waals surface area contributed by atoms with E-state index in [4.69, 9.17) is 9.47 Å². The second-order valence-electron chi connectivity index (χ2n) is 7.31. The van der Waals surface area contributed by atoms with Crippen LogP contribution in [-0.2, 0) is 6.42 Å². The number of aryl methyl sites for hydroxylation is 1. The lowest BCUT2D eigenvalue weighted by molar-refractivity contribution is -0.384. The number of amides is 1. The average molecular weight is 466 g/mol. The van der Waals surface area contributed by atoms with Crippen LogP contribution in [0, 0.1) is 17.0 Å². The Morgan fingerprint density at radius 1 is 1.09 bits per heavy atom. The molecule has 0 fully saturated rings. The Hall–Kier alpha value is -4.21. The van der Waals surface area contributed by atoms with Crippen molar-refractivity contribution in [3.8, 4) is 17.2 Å². The van der Waals surface area contributed by atoms with Gasteiger partial charge in [-0.05, 0) is 51.0 Å². The molecule has 0 saturated carbocycles. The van der Waals surface area contributed by atoms with E-state index >= 15 is 0 Å². The summed E-state index contributed by atoms with van der Waals surface area (Å²) in [6.45, 7) is 6.62. The number of nitro groups is 1. The molecular weight excluding hydrogens is 440 g/mol. The minimum atomic E-state index is -0.659. The summed E-state index contributed by atoms with van der Waals surface area (Å²) in [5.41, 5.74) is 0.357. The third-order valence-corrected chi connectivity index (χ3v) is 4.94. The van der Waals surface area contributed by atoms with Gasteiger partial charge in [0.15, 0.2) is 17.2 Å². The third-order valence-electron chi connectivity index (χ3n) is 4.94. The molecule has 2 aromatic carbocycles. The quantitative estimate of drug-likeness (QED) is 0.359. The van der Waals surface area contributed by atoms with Crippen LogP contribution in [0.3, 0.4) is 0 Å². The molecule has 0 aliphatic rings. The number of para-hydroxylation sites is 2. The van der Waals surface area contributed by atoms with Crippen molar-refractivity contribution < 1.29 is 19.2 Å². The van der Waals surface area contributed by atoms with Crippen LogP contribution in [0.1, 0.15) is 35.6 Å². The lowest BCUT2D eigenvalue weighted by Gasteiger charge is -2.13. The summed E-state index contributed by atoms with van der Waals surface area (Å²) in [6.07, 6.45) is 0.489. The van der Waals surface area contributed by atoms with Gasteiger partial charge in [-0.25, -0.2) is 4.68 Å². The predicted octanol–water partition coefficient (Wildman–Crippen LogP) is 3.22. The van der Waals surface area contributed by atoms with Crippen molar-refractivity contribution in [2.45, 2.75) is 27.2 Å². The first-order valence-electron chi connectivity index (χ1n) is 10.9. The zero-order valence-corrected chi connectivity index (χ0v) is 19.2. The summed E-state index contributed by atoms with van der Waals surface area (Å²) in [7, 11) is 0. The van der Waals surface area contributed by atoms with E-state index in [1.807, 2.05) is 32.0 Å². The van der Waals surface area contributed by atoms with Crippen molar-refractivity contribution in [3.63, 3.8) is 0 Å². The molecule has 34 heavy (non-hydrogen) atoms. The summed E-state index contributed by atoms with van der Waals surface area (Å²) in [6, 6.07) is 12.8. The number of benzene rings is 2. The van der Waals surface area contributed by atoms with Gasteiger partial charge >= 0.3 is 0 Å². The minimum absolute atomic E-state index is 0.164. The summed E-state index contributed by atoms with van der Waals surface area (Å²) in [5.74, 6) is 0.616. The van der Waals surface area contributed by atoms with E-state index in [0.29, 0.717) is 36.8 Å². The fourth-order valence-corrected chi connectivity index (χ4v) is 3.40. The van der Waals surface area contributed by atoms with Crippen molar-refractivity contribution in [1.82, 2.24) is 15.1 Å². The Morgan fingerprint density at radius 2 is 1.79 bits per heavy atom. The number of nitrogens with one attached hydrogen (secondary N) is 1. The smallest absolute Gasteiger partial charge is 0.294 e. The molecule has 1 N–H and O–H groups in total. The molecular formula is C24H26N4O6. The molecule has 3 aromatic rings. The highest BCUT2D eigenvalue weighted by Crippen LogP contribution is 2.28. The van der Waals surface area contributed by atoms with E-state index in [1.165, 1.54) is 28.9 Å². The number of carbonyl (C=O) groups excluding carboxylic acids is 1. The SMILES string of the molecule is CCOc1ccc(CCNC(=O)c2nn(-c3ccccc3[N+](=O)[O-])c(C)cc2=O)cc1OCC. The van der Waals surface area contributed by atoms with Gasteiger partial charge in [0.2, 0.25) is 5.43 Å². The van der Waals surface area contributed by atoms with Crippen LogP contribution in [0.15, 0.2) is 53.3 Å². The summed E-state index contributed by atoms with van der Waals surface area (Å²) in [5, 5.41) is 18.2. The lowest BCUT2D eigenvalue weighted by atomic mass is 10.1. The second-order valence-corrected chi connectivity index (χ2v) is 7.31. The molecule has 10 heteroatoms. The van der Waals surface area contributed by atoms with E-state index in [9.17, 15) is 19.7 Å². The molecule has 10 nitrogen and oxygen atoms in total.